The van der Waals surface area contributed by atoms with E-state index in [0.29, 0.717) is 29.6 Å². The van der Waals surface area contributed by atoms with Crippen LogP contribution in [0.15, 0.2) is 78.9 Å². The molecule has 0 saturated carbocycles. The van der Waals surface area contributed by atoms with Crippen molar-refractivity contribution in [2.75, 3.05) is 7.11 Å². The van der Waals surface area contributed by atoms with Gasteiger partial charge in [0, 0.05) is 6.07 Å². The number of hydrogen-bond acceptors (Lipinski definition) is 5. The van der Waals surface area contributed by atoms with E-state index in [1.165, 1.54) is 0 Å². The maximum atomic E-state index is 11.9. The molecule has 0 aliphatic rings. The molecule has 3 rings (SSSR count). The van der Waals surface area contributed by atoms with Crippen molar-refractivity contribution in [3.63, 3.8) is 0 Å². The van der Waals surface area contributed by atoms with Gasteiger partial charge in [-0.15, -0.1) is 0 Å². The molecule has 0 atom stereocenters. The summed E-state index contributed by atoms with van der Waals surface area (Å²) in [4.78, 5) is 11.9. The number of hydrogen-bond donors (Lipinski definition) is 0. The summed E-state index contributed by atoms with van der Waals surface area (Å²) in [6.45, 7) is 0.370. The highest BCUT2D eigenvalue weighted by Gasteiger charge is 2.12. The Labute approximate surface area is 151 Å². The topological polar surface area (TPSA) is 54.0 Å². The van der Waals surface area contributed by atoms with Crippen molar-refractivity contribution in [3.05, 3.63) is 84.4 Å². The van der Waals surface area contributed by atoms with E-state index in [0.717, 1.165) is 5.56 Å². The van der Waals surface area contributed by atoms with Gasteiger partial charge in [-0.05, 0) is 29.8 Å². The quantitative estimate of drug-likeness (QED) is 0.470. The summed E-state index contributed by atoms with van der Waals surface area (Å²) >= 11 is 0. The third kappa shape index (κ3) is 4.77. The summed E-state index contributed by atoms with van der Waals surface area (Å²) in [5.41, 5.74) is 1.02. The molecule has 0 spiro atoms. The number of ether oxygens (including phenoxy) is 4. The molecule has 0 heterocycles. The predicted octanol–water partition coefficient (Wildman–Crippen LogP) is 4.85. The van der Waals surface area contributed by atoms with E-state index in [1.54, 1.807) is 49.6 Å². The standard InChI is InChI=1S/C21H18O5/c1-23-19-13-12-18(26-21(22)25-17-10-6-3-7-11-17)14-20(19)24-15-16-8-4-2-5-9-16/h2-14H,15H2,1H3. The van der Waals surface area contributed by atoms with E-state index in [-0.39, 0.29) is 0 Å². The fraction of sp³-hybridized carbons (Fsp3) is 0.0952. The van der Waals surface area contributed by atoms with Crippen LogP contribution >= 0.6 is 0 Å². The van der Waals surface area contributed by atoms with E-state index in [1.807, 2.05) is 36.4 Å². The zero-order valence-corrected chi connectivity index (χ0v) is 14.3. The van der Waals surface area contributed by atoms with Gasteiger partial charge in [-0.3, -0.25) is 0 Å². The minimum atomic E-state index is -0.824. The average Bonchev–Trinajstić information content (AvgIpc) is 2.68. The summed E-state index contributed by atoms with van der Waals surface area (Å²) < 4.78 is 21.4. The van der Waals surface area contributed by atoms with Crippen LogP contribution in [0.4, 0.5) is 4.79 Å². The monoisotopic (exact) mass is 350 g/mol. The number of carbonyl (C=O) groups is 1. The molecule has 0 aliphatic heterocycles. The average molecular weight is 350 g/mol. The third-order valence-corrected chi connectivity index (χ3v) is 3.52. The van der Waals surface area contributed by atoms with Crippen molar-refractivity contribution in [1.82, 2.24) is 0 Å². The lowest BCUT2D eigenvalue weighted by Gasteiger charge is -2.12. The van der Waals surface area contributed by atoms with Gasteiger partial charge >= 0.3 is 6.16 Å². The van der Waals surface area contributed by atoms with Crippen LogP contribution in [0, 0.1) is 0 Å². The lowest BCUT2D eigenvalue weighted by Crippen LogP contribution is -2.13. The lowest BCUT2D eigenvalue weighted by molar-refractivity contribution is 0.151. The molecular weight excluding hydrogens is 332 g/mol. The van der Waals surface area contributed by atoms with E-state index >= 15 is 0 Å². The van der Waals surface area contributed by atoms with Crippen LogP contribution in [0.2, 0.25) is 0 Å². The SMILES string of the molecule is COc1ccc(OC(=O)Oc2ccccc2)cc1OCc1ccccc1. The van der Waals surface area contributed by atoms with Crippen LogP contribution in [-0.2, 0) is 6.61 Å². The first-order valence-corrected chi connectivity index (χ1v) is 8.04. The second-order valence-corrected chi connectivity index (χ2v) is 5.35. The Morgan fingerprint density at radius 3 is 2.12 bits per heavy atom. The highest BCUT2D eigenvalue weighted by molar-refractivity contribution is 5.67. The second-order valence-electron chi connectivity index (χ2n) is 5.35. The first-order chi connectivity index (χ1) is 12.7. The van der Waals surface area contributed by atoms with E-state index in [4.69, 9.17) is 18.9 Å². The fourth-order valence-corrected chi connectivity index (χ4v) is 2.27. The maximum absolute atomic E-state index is 11.9. The summed E-state index contributed by atoms with van der Waals surface area (Å²) in [6, 6.07) is 23.3. The molecule has 0 fully saturated rings. The van der Waals surface area contributed by atoms with Gasteiger partial charge in [-0.1, -0.05) is 48.5 Å². The van der Waals surface area contributed by atoms with Gasteiger partial charge < -0.3 is 18.9 Å². The second kappa shape index (κ2) is 8.58. The normalized spacial score (nSPS) is 10.0. The Kier molecular flexibility index (Phi) is 5.72. The van der Waals surface area contributed by atoms with Gasteiger partial charge in [0.2, 0.25) is 0 Å². The smallest absolute Gasteiger partial charge is 0.493 e. The maximum Gasteiger partial charge on any atom is 0.519 e. The number of benzene rings is 3. The summed E-state index contributed by atoms with van der Waals surface area (Å²) in [6.07, 6.45) is -0.824. The highest BCUT2D eigenvalue weighted by Crippen LogP contribution is 2.32. The Hall–Kier alpha value is -3.47. The molecule has 0 N–H and O–H groups in total. The van der Waals surface area contributed by atoms with Gasteiger partial charge in [0.1, 0.15) is 18.1 Å². The number of para-hydroxylation sites is 1. The first-order valence-electron chi connectivity index (χ1n) is 8.04. The van der Waals surface area contributed by atoms with Crippen LogP contribution < -0.4 is 18.9 Å². The van der Waals surface area contributed by atoms with E-state index < -0.39 is 6.16 Å². The number of carbonyl (C=O) groups excluding carboxylic acids is 1. The minimum Gasteiger partial charge on any atom is -0.493 e. The zero-order chi connectivity index (χ0) is 18.2. The molecule has 0 amide bonds. The van der Waals surface area contributed by atoms with Crippen LogP contribution in [0.3, 0.4) is 0 Å². The van der Waals surface area contributed by atoms with Crippen LogP contribution in [-0.4, -0.2) is 13.3 Å². The molecular formula is C21H18O5. The minimum absolute atomic E-state index is 0.301. The van der Waals surface area contributed by atoms with Gasteiger partial charge in [0.15, 0.2) is 11.5 Å². The zero-order valence-electron chi connectivity index (χ0n) is 14.3. The molecule has 0 aromatic heterocycles. The van der Waals surface area contributed by atoms with Crippen molar-refractivity contribution < 1.29 is 23.7 Å². The number of rotatable bonds is 6. The van der Waals surface area contributed by atoms with E-state index in [2.05, 4.69) is 0 Å². The Bertz CT molecular complexity index is 847. The molecule has 5 nitrogen and oxygen atoms in total. The summed E-state index contributed by atoms with van der Waals surface area (Å²) in [7, 11) is 1.55. The number of methoxy groups -OCH3 is 1. The molecule has 132 valence electrons. The fourth-order valence-electron chi connectivity index (χ4n) is 2.27. The van der Waals surface area contributed by atoms with Crippen molar-refractivity contribution in [3.8, 4) is 23.0 Å². The Morgan fingerprint density at radius 2 is 1.42 bits per heavy atom. The molecule has 0 aliphatic carbocycles. The van der Waals surface area contributed by atoms with Gasteiger partial charge in [0.25, 0.3) is 0 Å². The van der Waals surface area contributed by atoms with Crippen molar-refractivity contribution in [2.45, 2.75) is 6.61 Å². The predicted molar refractivity (Wildman–Crippen MR) is 96.9 cm³/mol. The van der Waals surface area contributed by atoms with Gasteiger partial charge in [0.05, 0.1) is 7.11 Å². The van der Waals surface area contributed by atoms with Crippen molar-refractivity contribution >= 4 is 6.16 Å². The van der Waals surface area contributed by atoms with Crippen LogP contribution in [0.1, 0.15) is 5.56 Å². The Balaban J connectivity index is 1.67. The third-order valence-electron chi connectivity index (χ3n) is 3.52. The molecule has 26 heavy (non-hydrogen) atoms. The molecule has 0 radical (unpaired) electrons. The molecule has 5 heteroatoms. The van der Waals surface area contributed by atoms with Crippen molar-refractivity contribution in [1.29, 1.82) is 0 Å². The largest absolute Gasteiger partial charge is 0.519 e. The van der Waals surface area contributed by atoms with Crippen LogP contribution in [0.25, 0.3) is 0 Å². The highest BCUT2D eigenvalue weighted by atomic mass is 16.7. The molecule has 0 bridgehead atoms. The summed E-state index contributed by atoms with van der Waals surface area (Å²) in [5, 5.41) is 0. The van der Waals surface area contributed by atoms with Gasteiger partial charge in [-0.2, -0.15) is 0 Å². The van der Waals surface area contributed by atoms with E-state index in [9.17, 15) is 4.79 Å². The first kappa shape index (κ1) is 17.4. The molecule has 0 saturated heterocycles. The van der Waals surface area contributed by atoms with Gasteiger partial charge in [-0.25, -0.2) is 4.79 Å². The molecule has 0 unspecified atom stereocenters. The van der Waals surface area contributed by atoms with Crippen LogP contribution in [0.5, 0.6) is 23.0 Å². The lowest BCUT2D eigenvalue weighted by atomic mass is 10.2. The summed E-state index contributed by atoms with van der Waals surface area (Å²) in [5.74, 6) is 1.73. The molecule has 3 aromatic rings. The van der Waals surface area contributed by atoms with Crippen molar-refractivity contribution in [2.24, 2.45) is 0 Å². The molecule has 3 aromatic carbocycles. The Morgan fingerprint density at radius 1 is 0.769 bits per heavy atom.